The fourth-order valence-corrected chi connectivity index (χ4v) is 4.75. The van der Waals surface area contributed by atoms with E-state index in [2.05, 4.69) is 25.1 Å². The molecule has 0 bridgehead atoms. The van der Waals surface area contributed by atoms with E-state index in [0.717, 1.165) is 34.9 Å². The van der Waals surface area contributed by atoms with Crippen molar-refractivity contribution in [3.63, 3.8) is 0 Å². The first-order valence-corrected chi connectivity index (χ1v) is 14.2. The van der Waals surface area contributed by atoms with Gasteiger partial charge in [0, 0.05) is 24.4 Å². The lowest BCUT2D eigenvalue weighted by atomic mass is 10.0. The molecule has 40 heavy (non-hydrogen) atoms. The quantitative estimate of drug-likeness (QED) is 0.269. The van der Waals surface area contributed by atoms with E-state index in [1.165, 1.54) is 28.4 Å². The summed E-state index contributed by atoms with van der Waals surface area (Å²) < 4.78 is 24.3. The minimum Gasteiger partial charge on any atom is -0.380 e. The number of thiophene rings is 1. The molecule has 2 rings (SSSR count). The first kappa shape index (κ1) is 36.9. The lowest BCUT2D eigenvalue weighted by molar-refractivity contribution is -0.153. The van der Waals surface area contributed by atoms with Crippen molar-refractivity contribution in [1.82, 2.24) is 10.2 Å². The predicted octanol–water partition coefficient (Wildman–Crippen LogP) is 5.91. The maximum absolute atomic E-state index is 13.7. The molecule has 3 N–H and O–H groups in total. The zero-order valence-corrected chi connectivity index (χ0v) is 24.9. The van der Waals surface area contributed by atoms with Crippen molar-refractivity contribution < 1.29 is 28.6 Å². The van der Waals surface area contributed by atoms with Crippen LogP contribution < -0.4 is 5.32 Å². The monoisotopic (exact) mass is 578 g/mol. The molecule has 1 aliphatic rings. The number of nitrogens with zero attached hydrogens (tertiary/aromatic N) is 1. The summed E-state index contributed by atoms with van der Waals surface area (Å²) in [4.78, 5) is 27.5. The number of carbonyl (C=O) groups excluding carboxylic acids is 2. The lowest BCUT2D eigenvalue weighted by Gasteiger charge is -2.28. The number of hydrogen-bond acceptors (Lipinski definition) is 5. The van der Waals surface area contributed by atoms with Gasteiger partial charge in [-0.25, -0.2) is 8.78 Å². The summed E-state index contributed by atoms with van der Waals surface area (Å²) in [6.45, 7) is 19.1. The fraction of sp³-hybridized carbons (Fsp3) is 0.419. The van der Waals surface area contributed by atoms with Crippen molar-refractivity contribution in [2.45, 2.75) is 71.6 Å². The molecule has 0 aromatic carbocycles. The van der Waals surface area contributed by atoms with Gasteiger partial charge >= 0.3 is 0 Å². The van der Waals surface area contributed by atoms with Crippen molar-refractivity contribution in [2.24, 2.45) is 0 Å². The van der Waals surface area contributed by atoms with E-state index in [0.29, 0.717) is 31.3 Å². The second-order valence-corrected chi connectivity index (χ2v) is 9.53. The number of aliphatic hydroxyl groups is 2. The average Bonchev–Trinajstić information content (AvgIpc) is 3.65. The van der Waals surface area contributed by atoms with E-state index in [-0.39, 0.29) is 12.6 Å². The number of rotatable bonds is 12. The molecule has 3 unspecified atom stereocenters. The van der Waals surface area contributed by atoms with E-state index in [4.69, 9.17) is 0 Å². The van der Waals surface area contributed by atoms with Crippen molar-refractivity contribution >= 4 is 23.2 Å². The minimum absolute atomic E-state index is 0.215. The summed E-state index contributed by atoms with van der Waals surface area (Å²) in [6.07, 6.45) is 6.71. The van der Waals surface area contributed by atoms with Crippen LogP contribution in [-0.2, 0) is 22.4 Å². The van der Waals surface area contributed by atoms with Crippen LogP contribution in [0.5, 0.6) is 0 Å². The Kier molecular flexibility index (Phi) is 19.1. The molecule has 0 radical (unpaired) electrons. The minimum atomic E-state index is -1.87. The molecular weight excluding hydrogens is 534 g/mol. The van der Waals surface area contributed by atoms with Crippen LogP contribution in [0.3, 0.4) is 0 Å². The molecule has 9 heteroatoms. The van der Waals surface area contributed by atoms with Crippen LogP contribution in [0.2, 0.25) is 0 Å². The Bertz CT molecular complexity index is 1060. The maximum atomic E-state index is 13.7. The van der Waals surface area contributed by atoms with Crippen molar-refractivity contribution in [1.29, 1.82) is 0 Å². The van der Waals surface area contributed by atoms with E-state index in [9.17, 15) is 28.6 Å². The zero-order valence-electron chi connectivity index (χ0n) is 24.0. The van der Waals surface area contributed by atoms with Gasteiger partial charge in [-0.1, -0.05) is 57.9 Å². The largest absolute Gasteiger partial charge is 0.380 e. The first-order valence-electron chi connectivity index (χ1n) is 13.3. The Hall–Kier alpha value is -3.14. The third kappa shape index (κ3) is 11.9. The standard InChI is InChI=1S/C26H33FN2O4S.C3H5F.C2H6/c1-5-9-17(4)22-10-8-13-29(22)26(33)24(31)23(30)25(32)28-12-11-20-15-18(16-34-20)14-19(6-2)21(27)7-3;1-2-3-4;1-2/h5-7,9,15-16,22-24,30-31H,2-4,8,10-14H2,1H3,(H,28,32);2-3H,1H3;1-2H3/b9-5-,21-19-;3-2+;. The van der Waals surface area contributed by atoms with Crippen LogP contribution in [0, 0.1) is 0 Å². The smallest absolute Gasteiger partial charge is 0.255 e. The summed E-state index contributed by atoms with van der Waals surface area (Å²) in [5.74, 6) is -1.91. The lowest BCUT2D eigenvalue weighted by Crippen LogP contribution is -2.52. The molecule has 1 aromatic rings. The Morgan fingerprint density at radius 3 is 2.40 bits per heavy atom. The van der Waals surface area contributed by atoms with Gasteiger partial charge in [-0.15, -0.1) is 11.3 Å². The molecule has 0 aliphatic carbocycles. The SMILES string of the molecule is C/C=C/F.C=C/C(F)=C(\C=C)Cc1csc(CCNC(=O)C(O)C(O)C(=O)N2CCCC2C(=C)/C=C\C)c1.CC. The van der Waals surface area contributed by atoms with Crippen molar-refractivity contribution in [3.05, 3.63) is 95.3 Å². The van der Waals surface area contributed by atoms with E-state index >= 15 is 0 Å². The molecule has 2 heterocycles. The molecule has 0 saturated carbocycles. The van der Waals surface area contributed by atoms with Gasteiger partial charge < -0.3 is 20.4 Å². The van der Waals surface area contributed by atoms with Gasteiger partial charge in [-0.2, -0.15) is 0 Å². The highest BCUT2D eigenvalue weighted by Crippen LogP contribution is 2.25. The summed E-state index contributed by atoms with van der Waals surface area (Å²) in [5, 5.41) is 25.1. The van der Waals surface area contributed by atoms with Gasteiger partial charge in [-0.3, -0.25) is 9.59 Å². The van der Waals surface area contributed by atoms with Gasteiger partial charge in [0.2, 0.25) is 0 Å². The van der Waals surface area contributed by atoms with E-state index in [1.54, 1.807) is 6.92 Å². The van der Waals surface area contributed by atoms with Gasteiger partial charge in [-0.05, 0) is 67.3 Å². The molecule has 2 amide bonds. The Morgan fingerprint density at radius 2 is 1.85 bits per heavy atom. The molecule has 1 fully saturated rings. The second-order valence-electron chi connectivity index (χ2n) is 8.53. The molecule has 1 aliphatic heterocycles. The third-order valence-corrected chi connectivity index (χ3v) is 6.84. The summed E-state index contributed by atoms with van der Waals surface area (Å²) in [7, 11) is 0. The number of allylic oxidation sites excluding steroid dienone is 6. The predicted molar refractivity (Wildman–Crippen MR) is 161 cm³/mol. The molecule has 1 saturated heterocycles. The molecule has 3 atom stereocenters. The average molecular weight is 579 g/mol. The maximum Gasteiger partial charge on any atom is 0.255 e. The Morgan fingerprint density at radius 1 is 1.20 bits per heavy atom. The number of hydrogen-bond donors (Lipinski definition) is 3. The van der Waals surface area contributed by atoms with Gasteiger partial charge in [0.15, 0.2) is 12.2 Å². The third-order valence-electron chi connectivity index (χ3n) is 5.80. The van der Waals surface area contributed by atoms with Crippen molar-refractivity contribution in [2.75, 3.05) is 13.1 Å². The number of carbonyl (C=O) groups is 2. The van der Waals surface area contributed by atoms with E-state index in [1.807, 2.05) is 44.4 Å². The highest BCUT2D eigenvalue weighted by Gasteiger charge is 2.38. The number of aliphatic hydroxyl groups excluding tert-OH is 2. The van der Waals surface area contributed by atoms with Crippen molar-refractivity contribution in [3.8, 4) is 0 Å². The molecule has 222 valence electrons. The van der Waals surface area contributed by atoms with Crippen LogP contribution in [0.4, 0.5) is 8.78 Å². The summed E-state index contributed by atoms with van der Waals surface area (Å²) in [5.41, 5.74) is 2.11. The van der Waals surface area contributed by atoms with Crippen LogP contribution in [0.1, 0.15) is 51.0 Å². The van der Waals surface area contributed by atoms with Crippen LogP contribution >= 0.6 is 11.3 Å². The van der Waals surface area contributed by atoms with Crippen LogP contribution in [0.15, 0.2) is 84.9 Å². The normalized spacial score (nSPS) is 16.7. The van der Waals surface area contributed by atoms with E-state index < -0.39 is 29.8 Å². The summed E-state index contributed by atoms with van der Waals surface area (Å²) in [6, 6.07) is 1.66. The second kappa shape index (κ2) is 20.7. The van der Waals surface area contributed by atoms with Crippen LogP contribution in [0.25, 0.3) is 0 Å². The molecule has 0 spiro atoms. The number of nitrogens with one attached hydrogen (secondary N) is 1. The van der Waals surface area contributed by atoms with Gasteiger partial charge in [0.1, 0.15) is 5.83 Å². The first-order chi connectivity index (χ1) is 19.1. The zero-order chi connectivity index (χ0) is 30.7. The highest BCUT2D eigenvalue weighted by atomic mass is 32.1. The topological polar surface area (TPSA) is 89.9 Å². The summed E-state index contributed by atoms with van der Waals surface area (Å²) >= 11 is 1.47. The Balaban J connectivity index is 0.00000232. The molecule has 1 aromatic heterocycles. The number of halogens is 2. The van der Waals surface area contributed by atoms with Gasteiger partial charge in [0.25, 0.3) is 11.8 Å². The number of amides is 2. The van der Waals surface area contributed by atoms with Gasteiger partial charge in [0.05, 0.1) is 12.4 Å². The fourth-order valence-electron chi connectivity index (χ4n) is 3.86. The Labute approximate surface area is 241 Å². The highest BCUT2D eigenvalue weighted by molar-refractivity contribution is 7.10. The van der Waals surface area contributed by atoms with Crippen LogP contribution in [-0.4, -0.2) is 58.3 Å². The number of likely N-dealkylation sites (tertiary alicyclic amines) is 1. The molecule has 6 nitrogen and oxygen atoms in total. The molecular formula is C31H44F2N2O4S.